The first-order chi connectivity index (χ1) is 12.2. The Labute approximate surface area is 184 Å². The van der Waals surface area contributed by atoms with Gasteiger partial charge in [0.1, 0.15) is 10.6 Å². The standard InChI is InChI=1S/C18H33N5O2S.HI/c1-7-10-23(17(24)25-18(4,5)6)11-9-20-16(19-8-2)22-13-15-21-12-14(3)26-15;/h12H,7-11,13H2,1-6H3,(H2,19,20,22);1H. The molecule has 0 aromatic carbocycles. The highest BCUT2D eigenvalue weighted by Crippen LogP contribution is 2.12. The van der Waals surface area contributed by atoms with Crippen LogP contribution >= 0.6 is 35.3 Å². The number of hydrogen-bond acceptors (Lipinski definition) is 5. The summed E-state index contributed by atoms with van der Waals surface area (Å²) in [5.74, 6) is 0.723. The summed E-state index contributed by atoms with van der Waals surface area (Å²) in [7, 11) is 0. The number of hydrogen-bond donors (Lipinski definition) is 2. The Morgan fingerprint density at radius 1 is 1.30 bits per heavy atom. The lowest BCUT2D eigenvalue weighted by atomic mass is 10.2. The fraction of sp³-hybridized carbons (Fsp3) is 0.722. The van der Waals surface area contributed by atoms with Gasteiger partial charge in [-0.05, 0) is 41.0 Å². The van der Waals surface area contributed by atoms with Crippen LogP contribution in [0, 0.1) is 6.92 Å². The largest absolute Gasteiger partial charge is 0.444 e. The quantitative estimate of drug-likeness (QED) is 0.316. The summed E-state index contributed by atoms with van der Waals surface area (Å²) in [6.45, 7) is 14.9. The van der Waals surface area contributed by atoms with E-state index in [1.165, 1.54) is 4.88 Å². The zero-order valence-electron chi connectivity index (χ0n) is 17.3. The Morgan fingerprint density at radius 2 is 2.00 bits per heavy atom. The van der Waals surface area contributed by atoms with Crippen molar-refractivity contribution in [2.45, 2.75) is 60.1 Å². The maximum atomic E-state index is 12.3. The van der Waals surface area contributed by atoms with E-state index >= 15 is 0 Å². The molecule has 7 nitrogen and oxygen atoms in total. The van der Waals surface area contributed by atoms with Gasteiger partial charge in [0.2, 0.25) is 0 Å². The number of ether oxygens (including phenoxy) is 1. The molecule has 0 atom stereocenters. The molecule has 1 aromatic rings. The zero-order chi connectivity index (χ0) is 19.6. The Bertz CT molecular complexity index is 587. The van der Waals surface area contributed by atoms with Crippen LogP contribution < -0.4 is 10.6 Å². The minimum Gasteiger partial charge on any atom is -0.444 e. The predicted octanol–water partition coefficient (Wildman–Crippen LogP) is 3.77. The van der Waals surface area contributed by atoms with E-state index in [1.54, 1.807) is 16.2 Å². The van der Waals surface area contributed by atoms with Crippen LogP contribution in [-0.4, -0.2) is 53.7 Å². The number of nitrogens with one attached hydrogen (secondary N) is 2. The summed E-state index contributed by atoms with van der Waals surface area (Å²) in [6, 6.07) is 0. The molecule has 1 rings (SSSR count). The molecule has 0 aliphatic heterocycles. The SMILES string of the molecule is CCCN(CCNC(=NCc1ncc(C)s1)NCC)C(=O)OC(C)(C)C.I. The fourth-order valence-corrected chi connectivity index (χ4v) is 2.87. The molecule has 0 bridgehead atoms. The summed E-state index contributed by atoms with van der Waals surface area (Å²) in [5, 5.41) is 7.47. The van der Waals surface area contributed by atoms with Crippen molar-refractivity contribution >= 4 is 47.4 Å². The number of carbonyl (C=O) groups excluding carboxylic acids is 1. The molecule has 0 fully saturated rings. The van der Waals surface area contributed by atoms with Gasteiger partial charge in [0.15, 0.2) is 5.96 Å². The third-order valence-electron chi connectivity index (χ3n) is 3.21. The molecule has 0 aliphatic rings. The zero-order valence-corrected chi connectivity index (χ0v) is 20.4. The second-order valence-corrected chi connectivity index (χ2v) is 8.27. The van der Waals surface area contributed by atoms with Crippen molar-refractivity contribution in [2.24, 2.45) is 4.99 Å². The van der Waals surface area contributed by atoms with Crippen molar-refractivity contribution in [3.63, 3.8) is 0 Å². The Morgan fingerprint density at radius 3 is 2.52 bits per heavy atom. The van der Waals surface area contributed by atoms with Crippen molar-refractivity contribution < 1.29 is 9.53 Å². The average molecular weight is 511 g/mol. The summed E-state index contributed by atoms with van der Waals surface area (Å²) in [6.07, 6.45) is 2.47. The van der Waals surface area contributed by atoms with Crippen molar-refractivity contribution in [3.05, 3.63) is 16.1 Å². The van der Waals surface area contributed by atoms with Crippen molar-refractivity contribution in [2.75, 3.05) is 26.2 Å². The van der Waals surface area contributed by atoms with E-state index in [9.17, 15) is 4.79 Å². The predicted molar refractivity (Wildman–Crippen MR) is 123 cm³/mol. The van der Waals surface area contributed by atoms with Gasteiger partial charge in [-0.3, -0.25) is 0 Å². The molecular formula is C18H34IN5O2S. The van der Waals surface area contributed by atoms with Crippen LogP contribution in [0.25, 0.3) is 0 Å². The summed E-state index contributed by atoms with van der Waals surface area (Å²) in [4.78, 5) is 24.1. The van der Waals surface area contributed by atoms with Gasteiger partial charge in [-0.25, -0.2) is 14.8 Å². The Hall–Kier alpha value is -1.10. The smallest absolute Gasteiger partial charge is 0.410 e. The maximum absolute atomic E-state index is 12.3. The second kappa shape index (κ2) is 13.1. The molecule has 1 heterocycles. The molecule has 0 aliphatic carbocycles. The highest BCUT2D eigenvalue weighted by Gasteiger charge is 2.21. The lowest BCUT2D eigenvalue weighted by molar-refractivity contribution is 0.0253. The van der Waals surface area contributed by atoms with Crippen LogP contribution in [0.15, 0.2) is 11.2 Å². The molecule has 156 valence electrons. The molecule has 1 amide bonds. The number of amides is 1. The van der Waals surface area contributed by atoms with Crippen molar-refractivity contribution in [1.82, 2.24) is 20.5 Å². The number of aromatic nitrogens is 1. The first-order valence-corrected chi connectivity index (χ1v) is 9.98. The third kappa shape index (κ3) is 11.4. The van der Waals surface area contributed by atoms with E-state index in [0.29, 0.717) is 26.2 Å². The monoisotopic (exact) mass is 511 g/mol. The van der Waals surface area contributed by atoms with Gasteiger partial charge in [-0.1, -0.05) is 6.92 Å². The minimum absolute atomic E-state index is 0. The molecule has 0 unspecified atom stereocenters. The van der Waals surface area contributed by atoms with Crippen LogP contribution in [0.1, 0.15) is 50.9 Å². The van der Waals surface area contributed by atoms with Gasteiger partial charge in [0, 0.05) is 37.3 Å². The number of aliphatic imine (C=N–C) groups is 1. The summed E-state index contributed by atoms with van der Waals surface area (Å²) >= 11 is 1.65. The van der Waals surface area contributed by atoms with Crippen molar-refractivity contribution in [3.8, 4) is 0 Å². The topological polar surface area (TPSA) is 78.9 Å². The first-order valence-electron chi connectivity index (χ1n) is 9.16. The van der Waals surface area contributed by atoms with Gasteiger partial charge in [0.25, 0.3) is 0 Å². The first kappa shape index (κ1) is 25.9. The number of nitrogens with zero attached hydrogens (tertiary/aromatic N) is 3. The molecule has 1 aromatic heterocycles. The normalized spacial score (nSPS) is 11.6. The van der Waals surface area contributed by atoms with Gasteiger partial charge >= 0.3 is 6.09 Å². The highest BCUT2D eigenvalue weighted by molar-refractivity contribution is 14.0. The Balaban J connectivity index is 0.00000676. The average Bonchev–Trinajstić information content (AvgIpc) is 2.95. The lowest BCUT2D eigenvalue weighted by Gasteiger charge is -2.27. The number of rotatable bonds is 8. The molecule has 0 radical (unpaired) electrons. The van der Waals surface area contributed by atoms with Gasteiger partial charge in [-0.2, -0.15) is 0 Å². The maximum Gasteiger partial charge on any atom is 0.410 e. The number of thiazole rings is 1. The number of carbonyl (C=O) groups is 1. The van der Waals surface area contributed by atoms with Gasteiger partial charge in [0.05, 0.1) is 6.54 Å². The van der Waals surface area contributed by atoms with Crippen LogP contribution in [0.2, 0.25) is 0 Å². The van der Waals surface area contributed by atoms with Crippen LogP contribution in [-0.2, 0) is 11.3 Å². The third-order valence-corrected chi connectivity index (χ3v) is 4.10. The van der Waals surface area contributed by atoms with E-state index < -0.39 is 5.60 Å². The molecule has 0 spiro atoms. The fourth-order valence-electron chi connectivity index (χ4n) is 2.16. The molecule has 2 N–H and O–H groups in total. The van der Waals surface area contributed by atoms with Crippen LogP contribution in [0.5, 0.6) is 0 Å². The highest BCUT2D eigenvalue weighted by atomic mass is 127. The Kier molecular flexibility index (Phi) is 12.6. The molecule has 0 saturated heterocycles. The number of halogens is 1. The number of aryl methyl sites for hydroxylation is 1. The minimum atomic E-state index is -0.487. The summed E-state index contributed by atoms with van der Waals surface area (Å²) < 4.78 is 5.47. The van der Waals surface area contributed by atoms with Crippen molar-refractivity contribution in [1.29, 1.82) is 0 Å². The number of guanidine groups is 1. The van der Waals surface area contributed by atoms with Crippen LogP contribution in [0.4, 0.5) is 4.79 Å². The molecule has 9 heteroatoms. The van der Waals surface area contributed by atoms with Gasteiger partial charge in [-0.15, -0.1) is 35.3 Å². The van der Waals surface area contributed by atoms with E-state index in [1.807, 2.05) is 47.7 Å². The summed E-state index contributed by atoms with van der Waals surface area (Å²) in [5.41, 5.74) is -0.487. The molecular weight excluding hydrogens is 477 g/mol. The lowest BCUT2D eigenvalue weighted by Crippen LogP contribution is -2.44. The van der Waals surface area contributed by atoms with E-state index in [2.05, 4.69) is 20.6 Å². The van der Waals surface area contributed by atoms with E-state index in [0.717, 1.165) is 23.9 Å². The second-order valence-electron chi connectivity index (χ2n) is 6.95. The van der Waals surface area contributed by atoms with E-state index in [4.69, 9.17) is 4.74 Å². The molecule has 0 saturated carbocycles. The molecule has 27 heavy (non-hydrogen) atoms. The van der Waals surface area contributed by atoms with E-state index in [-0.39, 0.29) is 30.1 Å². The van der Waals surface area contributed by atoms with Crippen LogP contribution in [0.3, 0.4) is 0 Å². The van der Waals surface area contributed by atoms with Gasteiger partial charge < -0.3 is 20.3 Å².